The number of halogens is 3. The quantitative estimate of drug-likeness (QED) is 0.704. The van der Waals surface area contributed by atoms with Crippen LogP contribution in [0.25, 0.3) is 0 Å². The normalized spacial score (nSPS) is 17.8. The van der Waals surface area contributed by atoms with Crippen LogP contribution in [0.2, 0.25) is 0 Å². The molecule has 0 heterocycles. The van der Waals surface area contributed by atoms with Gasteiger partial charge >= 0.3 is 6.18 Å². The molecular formula is C8H13F3O2. The molecule has 0 saturated heterocycles. The fourth-order valence-electron chi connectivity index (χ4n) is 0.664. The minimum atomic E-state index is -4.74. The van der Waals surface area contributed by atoms with Crippen LogP contribution in [0.15, 0.2) is 12.8 Å². The van der Waals surface area contributed by atoms with Crippen molar-refractivity contribution in [2.75, 3.05) is 0 Å². The lowest BCUT2D eigenvalue weighted by molar-refractivity contribution is -0.304. The van der Waals surface area contributed by atoms with Crippen molar-refractivity contribution >= 4 is 0 Å². The summed E-state index contributed by atoms with van der Waals surface area (Å²) in [4.78, 5) is 0. The first-order valence-electron chi connectivity index (χ1n) is 3.64. The Kier molecular flexibility index (Phi) is 3.04. The third-order valence-corrected chi connectivity index (χ3v) is 2.10. The van der Waals surface area contributed by atoms with Crippen molar-refractivity contribution in [2.45, 2.75) is 38.1 Å². The van der Waals surface area contributed by atoms with E-state index >= 15 is 0 Å². The molecule has 0 aliphatic rings. The average molecular weight is 198 g/mol. The maximum atomic E-state index is 12.3. The molecule has 78 valence electrons. The van der Waals surface area contributed by atoms with E-state index in [1.165, 1.54) is 0 Å². The third-order valence-electron chi connectivity index (χ3n) is 2.10. The number of rotatable bonds is 3. The summed E-state index contributed by atoms with van der Waals surface area (Å²) in [7, 11) is 0. The van der Waals surface area contributed by atoms with Crippen LogP contribution in [0.3, 0.4) is 0 Å². The van der Waals surface area contributed by atoms with Gasteiger partial charge in [-0.05, 0) is 20.8 Å². The molecule has 0 spiro atoms. The van der Waals surface area contributed by atoms with E-state index in [1.54, 1.807) is 0 Å². The summed E-state index contributed by atoms with van der Waals surface area (Å²) < 4.78 is 41.5. The van der Waals surface area contributed by atoms with Crippen LogP contribution in [0.5, 0.6) is 0 Å². The minimum Gasteiger partial charge on any atom is -0.493 e. The maximum Gasteiger partial charge on any atom is 0.420 e. The van der Waals surface area contributed by atoms with Gasteiger partial charge in [0.15, 0.2) is 5.60 Å². The Labute approximate surface area is 75.0 Å². The van der Waals surface area contributed by atoms with Gasteiger partial charge in [-0.25, -0.2) is 0 Å². The van der Waals surface area contributed by atoms with Crippen molar-refractivity contribution < 1.29 is 23.0 Å². The highest BCUT2D eigenvalue weighted by atomic mass is 19.4. The molecule has 2 nitrogen and oxygen atoms in total. The molecule has 5 heteroatoms. The highest BCUT2D eigenvalue weighted by molar-refractivity contribution is 4.98. The van der Waals surface area contributed by atoms with Gasteiger partial charge in [0, 0.05) is 0 Å². The van der Waals surface area contributed by atoms with E-state index in [0.717, 1.165) is 20.1 Å². The molecule has 0 radical (unpaired) electrons. The van der Waals surface area contributed by atoms with Gasteiger partial charge in [-0.3, -0.25) is 0 Å². The highest BCUT2D eigenvalue weighted by Crippen LogP contribution is 2.40. The fraction of sp³-hybridized carbons (Fsp3) is 0.750. The fourth-order valence-corrected chi connectivity index (χ4v) is 0.664. The molecule has 0 aromatic rings. The Balaban J connectivity index is 4.91. The van der Waals surface area contributed by atoms with E-state index in [4.69, 9.17) is 0 Å². The summed E-state index contributed by atoms with van der Waals surface area (Å²) in [6.45, 7) is 6.09. The van der Waals surface area contributed by atoms with Crippen molar-refractivity contribution in [1.29, 1.82) is 0 Å². The van der Waals surface area contributed by atoms with E-state index in [2.05, 4.69) is 11.3 Å². The number of alkyl halides is 3. The lowest BCUT2D eigenvalue weighted by atomic mass is 9.87. The van der Waals surface area contributed by atoms with Crippen LogP contribution >= 0.6 is 0 Å². The molecule has 1 atom stereocenters. The van der Waals surface area contributed by atoms with Crippen molar-refractivity contribution in [3.8, 4) is 0 Å². The molecule has 0 aromatic heterocycles. The maximum absolute atomic E-state index is 12.3. The summed E-state index contributed by atoms with van der Waals surface area (Å²) in [6, 6.07) is 0. The van der Waals surface area contributed by atoms with Gasteiger partial charge in [-0.2, -0.15) is 13.2 Å². The molecule has 1 unspecified atom stereocenters. The summed E-state index contributed by atoms with van der Waals surface area (Å²) in [5.74, 6) is 0. The van der Waals surface area contributed by atoms with Crippen LogP contribution in [0, 0.1) is 0 Å². The first-order chi connectivity index (χ1) is 5.56. The molecule has 0 fully saturated rings. The molecule has 13 heavy (non-hydrogen) atoms. The molecule has 0 saturated carbocycles. The highest BCUT2D eigenvalue weighted by Gasteiger charge is 2.60. The van der Waals surface area contributed by atoms with E-state index in [9.17, 15) is 18.3 Å². The SMILES string of the molecule is C=COC(C)(C)C(C)(O)C(F)(F)F. The molecule has 0 bridgehead atoms. The van der Waals surface area contributed by atoms with Gasteiger partial charge in [0.1, 0.15) is 5.60 Å². The van der Waals surface area contributed by atoms with Crippen LogP contribution in [0.1, 0.15) is 20.8 Å². The predicted molar refractivity (Wildman–Crippen MR) is 42.0 cm³/mol. The van der Waals surface area contributed by atoms with Crippen LogP contribution in [0.4, 0.5) is 13.2 Å². The predicted octanol–water partition coefficient (Wildman–Crippen LogP) is 2.24. The van der Waals surface area contributed by atoms with Crippen LogP contribution in [-0.4, -0.2) is 22.5 Å². The Morgan fingerprint density at radius 1 is 1.23 bits per heavy atom. The molecule has 0 rings (SSSR count). The standard InChI is InChI=1S/C8H13F3O2/c1-5-13-6(2,3)7(4,12)8(9,10)11/h5,12H,1H2,2-4H3. The Morgan fingerprint density at radius 2 is 1.62 bits per heavy atom. The minimum absolute atomic E-state index is 0.663. The molecule has 0 amide bonds. The topological polar surface area (TPSA) is 29.5 Å². The van der Waals surface area contributed by atoms with Gasteiger partial charge in [0.05, 0.1) is 6.26 Å². The van der Waals surface area contributed by atoms with E-state index < -0.39 is 17.4 Å². The second-order valence-electron chi connectivity index (χ2n) is 3.36. The first-order valence-corrected chi connectivity index (χ1v) is 3.64. The third kappa shape index (κ3) is 2.15. The smallest absolute Gasteiger partial charge is 0.420 e. The lowest BCUT2D eigenvalue weighted by Crippen LogP contribution is -2.58. The summed E-state index contributed by atoms with van der Waals surface area (Å²) in [5.41, 5.74) is -4.67. The van der Waals surface area contributed by atoms with Crippen LogP contribution in [-0.2, 0) is 4.74 Å². The molecule has 0 aromatic carbocycles. The summed E-state index contributed by atoms with van der Waals surface area (Å²) >= 11 is 0. The van der Waals surface area contributed by atoms with Gasteiger partial charge < -0.3 is 9.84 Å². The second kappa shape index (κ2) is 3.21. The van der Waals surface area contributed by atoms with Gasteiger partial charge in [0.25, 0.3) is 0 Å². The number of aliphatic hydroxyl groups is 1. The summed E-state index contributed by atoms with van der Waals surface area (Å²) in [5, 5.41) is 9.21. The van der Waals surface area contributed by atoms with Gasteiger partial charge in [-0.15, -0.1) is 0 Å². The average Bonchev–Trinajstić information content (AvgIpc) is 1.84. The number of hydrogen-bond donors (Lipinski definition) is 1. The molecular weight excluding hydrogens is 185 g/mol. The molecule has 0 aliphatic carbocycles. The lowest BCUT2D eigenvalue weighted by Gasteiger charge is -2.39. The van der Waals surface area contributed by atoms with E-state index in [0.29, 0.717) is 6.92 Å². The zero-order chi connectivity index (χ0) is 10.9. The zero-order valence-electron chi connectivity index (χ0n) is 7.77. The molecule has 0 aliphatic heterocycles. The largest absolute Gasteiger partial charge is 0.493 e. The Bertz CT molecular complexity index is 194. The molecule has 1 N–H and O–H groups in total. The second-order valence-corrected chi connectivity index (χ2v) is 3.36. The van der Waals surface area contributed by atoms with Crippen molar-refractivity contribution in [2.24, 2.45) is 0 Å². The van der Waals surface area contributed by atoms with Gasteiger partial charge in [-0.1, -0.05) is 6.58 Å². The Morgan fingerprint density at radius 3 is 1.85 bits per heavy atom. The summed E-state index contributed by atoms with van der Waals surface area (Å²) in [6.07, 6.45) is -3.86. The van der Waals surface area contributed by atoms with Crippen molar-refractivity contribution in [1.82, 2.24) is 0 Å². The van der Waals surface area contributed by atoms with Gasteiger partial charge in [0.2, 0.25) is 0 Å². The van der Waals surface area contributed by atoms with E-state index in [1.807, 2.05) is 0 Å². The number of ether oxygens (including phenoxy) is 1. The first kappa shape index (κ1) is 12.3. The van der Waals surface area contributed by atoms with E-state index in [-0.39, 0.29) is 0 Å². The zero-order valence-corrected chi connectivity index (χ0v) is 7.77. The Hall–Kier alpha value is -0.710. The monoisotopic (exact) mass is 198 g/mol. The van der Waals surface area contributed by atoms with Crippen molar-refractivity contribution in [3.63, 3.8) is 0 Å². The van der Waals surface area contributed by atoms with Crippen molar-refractivity contribution in [3.05, 3.63) is 12.8 Å². The number of hydrogen-bond acceptors (Lipinski definition) is 2. The van der Waals surface area contributed by atoms with Crippen LogP contribution < -0.4 is 0 Å².